The van der Waals surface area contributed by atoms with Crippen LogP contribution in [0.4, 0.5) is 31.1 Å². The summed E-state index contributed by atoms with van der Waals surface area (Å²) in [6, 6.07) is 6.84. The molecule has 0 bridgehead atoms. The Morgan fingerprint density at radius 1 is 0.938 bits per heavy atom. The zero-order valence-electron chi connectivity index (χ0n) is 16.8. The molecule has 3 atom stereocenters. The Hall–Kier alpha value is -3.08. The van der Waals surface area contributed by atoms with Crippen LogP contribution in [0.2, 0.25) is 0 Å². The SMILES string of the molecule is CN1C(=O)N(C)C(O)(C(F)(F)F)C(C(=O)c2ccccc2)C1c1ccccc1C(F)(F)F. The molecule has 3 unspecified atom stereocenters. The fraction of sp³-hybridized carbons (Fsp3) is 0.333. The molecule has 172 valence electrons. The number of Topliss-reactive ketones (excluding diaryl/α,β-unsaturated/α-hetero) is 1. The lowest BCUT2D eigenvalue weighted by Gasteiger charge is -2.53. The summed E-state index contributed by atoms with van der Waals surface area (Å²) in [4.78, 5) is 26.5. The van der Waals surface area contributed by atoms with Crippen LogP contribution in [0.5, 0.6) is 0 Å². The van der Waals surface area contributed by atoms with Gasteiger partial charge in [-0.3, -0.25) is 9.69 Å². The summed E-state index contributed by atoms with van der Waals surface area (Å²) in [6.07, 6.45) is -10.5. The predicted molar refractivity (Wildman–Crippen MR) is 100 cm³/mol. The molecule has 5 nitrogen and oxygen atoms in total. The number of urea groups is 1. The van der Waals surface area contributed by atoms with Gasteiger partial charge in [0.05, 0.1) is 11.6 Å². The molecular weight excluding hydrogens is 442 g/mol. The average Bonchev–Trinajstić information content (AvgIpc) is 2.73. The van der Waals surface area contributed by atoms with Crippen LogP contribution in [0.1, 0.15) is 27.5 Å². The highest BCUT2D eigenvalue weighted by Gasteiger charge is 2.70. The monoisotopic (exact) mass is 460 g/mol. The standard InChI is InChI=1S/C21H18F6N2O3/c1-28-16(13-10-6-7-11-14(13)20(22,23)24)15(17(30)12-8-4-3-5-9-12)19(32,21(25,26)27)29(2)18(28)31/h3-11,15-16,32H,1-2H3. The molecule has 1 saturated heterocycles. The van der Waals surface area contributed by atoms with E-state index in [4.69, 9.17) is 0 Å². The van der Waals surface area contributed by atoms with Gasteiger partial charge in [0.25, 0.3) is 5.72 Å². The second-order valence-electron chi connectivity index (χ2n) is 7.41. The Balaban J connectivity index is 2.35. The first-order valence-corrected chi connectivity index (χ1v) is 9.28. The van der Waals surface area contributed by atoms with Crippen molar-refractivity contribution in [3.63, 3.8) is 0 Å². The highest BCUT2D eigenvalue weighted by molar-refractivity contribution is 6.00. The molecule has 2 aromatic rings. The van der Waals surface area contributed by atoms with Crippen LogP contribution in [-0.2, 0) is 6.18 Å². The Morgan fingerprint density at radius 2 is 1.47 bits per heavy atom. The number of halogens is 6. The number of hydrogen-bond donors (Lipinski definition) is 1. The van der Waals surface area contributed by atoms with Crippen LogP contribution in [0.3, 0.4) is 0 Å². The molecule has 1 aliphatic rings. The summed E-state index contributed by atoms with van der Waals surface area (Å²) in [5, 5.41) is 10.8. The van der Waals surface area contributed by atoms with Gasteiger partial charge >= 0.3 is 18.4 Å². The topological polar surface area (TPSA) is 60.9 Å². The van der Waals surface area contributed by atoms with E-state index in [1.165, 1.54) is 30.3 Å². The number of nitrogens with zero attached hydrogens (tertiary/aromatic N) is 2. The van der Waals surface area contributed by atoms with E-state index in [0.29, 0.717) is 18.0 Å². The zero-order valence-corrected chi connectivity index (χ0v) is 16.8. The van der Waals surface area contributed by atoms with Gasteiger partial charge in [0.1, 0.15) is 5.92 Å². The summed E-state index contributed by atoms with van der Waals surface area (Å²) in [5.41, 5.74) is -6.37. The largest absolute Gasteiger partial charge is 0.437 e. The zero-order chi connectivity index (χ0) is 24.1. The Morgan fingerprint density at radius 3 is 2.00 bits per heavy atom. The van der Waals surface area contributed by atoms with E-state index >= 15 is 0 Å². The van der Waals surface area contributed by atoms with Gasteiger partial charge in [0.2, 0.25) is 0 Å². The minimum Gasteiger partial charge on any atom is -0.363 e. The lowest BCUT2D eigenvalue weighted by atomic mass is 9.74. The summed E-state index contributed by atoms with van der Waals surface area (Å²) in [5.74, 6) is -3.78. The molecule has 1 fully saturated rings. The Labute approximate surface area is 178 Å². The van der Waals surface area contributed by atoms with E-state index in [9.17, 15) is 41.0 Å². The maximum Gasteiger partial charge on any atom is 0.437 e. The second-order valence-corrected chi connectivity index (χ2v) is 7.41. The summed E-state index contributed by atoms with van der Waals surface area (Å²) >= 11 is 0. The first-order chi connectivity index (χ1) is 14.7. The van der Waals surface area contributed by atoms with E-state index in [1.54, 1.807) is 0 Å². The van der Waals surface area contributed by atoms with Crippen molar-refractivity contribution in [3.8, 4) is 0 Å². The van der Waals surface area contributed by atoms with Gasteiger partial charge in [0.15, 0.2) is 5.78 Å². The summed E-state index contributed by atoms with van der Waals surface area (Å²) in [7, 11) is 1.63. The van der Waals surface area contributed by atoms with E-state index < -0.39 is 53.0 Å². The maximum absolute atomic E-state index is 14.2. The molecule has 2 aromatic carbocycles. The fourth-order valence-electron chi connectivity index (χ4n) is 4.03. The molecular formula is C21H18F6N2O3. The molecule has 0 aromatic heterocycles. The Kier molecular flexibility index (Phi) is 5.75. The molecule has 2 amide bonds. The number of benzene rings is 2. The second kappa shape index (κ2) is 7.80. The molecule has 1 heterocycles. The number of amides is 2. The van der Waals surface area contributed by atoms with Crippen LogP contribution in [-0.4, -0.2) is 52.7 Å². The van der Waals surface area contributed by atoms with Crippen LogP contribution >= 0.6 is 0 Å². The molecule has 0 saturated carbocycles. The Bertz CT molecular complexity index is 1020. The van der Waals surface area contributed by atoms with E-state index in [0.717, 1.165) is 25.2 Å². The van der Waals surface area contributed by atoms with Crippen molar-refractivity contribution in [2.75, 3.05) is 14.1 Å². The number of hydrogen-bond acceptors (Lipinski definition) is 3. The van der Waals surface area contributed by atoms with Crippen LogP contribution < -0.4 is 0 Å². The minimum absolute atomic E-state index is 0.0643. The fourth-order valence-corrected chi connectivity index (χ4v) is 4.03. The van der Waals surface area contributed by atoms with Gasteiger partial charge < -0.3 is 10.0 Å². The van der Waals surface area contributed by atoms with E-state index in [1.807, 2.05) is 0 Å². The first kappa shape index (κ1) is 23.6. The highest BCUT2D eigenvalue weighted by atomic mass is 19.4. The van der Waals surface area contributed by atoms with Crippen molar-refractivity contribution in [2.24, 2.45) is 5.92 Å². The number of alkyl halides is 6. The van der Waals surface area contributed by atoms with Crippen LogP contribution in [0.25, 0.3) is 0 Å². The van der Waals surface area contributed by atoms with E-state index in [2.05, 4.69) is 0 Å². The lowest BCUT2D eigenvalue weighted by molar-refractivity contribution is -0.328. The predicted octanol–water partition coefficient (Wildman–Crippen LogP) is 4.49. The van der Waals surface area contributed by atoms with Gasteiger partial charge in [-0.15, -0.1) is 0 Å². The summed E-state index contributed by atoms with van der Waals surface area (Å²) < 4.78 is 83.7. The average molecular weight is 460 g/mol. The lowest BCUT2D eigenvalue weighted by Crippen LogP contribution is -2.73. The van der Waals surface area contributed by atoms with Crippen molar-refractivity contribution < 1.29 is 41.0 Å². The first-order valence-electron chi connectivity index (χ1n) is 9.28. The molecule has 0 radical (unpaired) electrons. The molecule has 11 heteroatoms. The summed E-state index contributed by atoms with van der Waals surface area (Å²) in [6.45, 7) is 0. The molecule has 0 aliphatic carbocycles. The number of aliphatic hydroxyl groups is 1. The number of carbonyl (C=O) groups excluding carboxylic acids is 2. The van der Waals surface area contributed by atoms with Crippen molar-refractivity contribution in [1.82, 2.24) is 9.80 Å². The minimum atomic E-state index is -5.56. The third-order valence-electron chi connectivity index (χ3n) is 5.61. The molecule has 1 aliphatic heterocycles. The maximum atomic E-state index is 14.2. The van der Waals surface area contributed by atoms with E-state index in [-0.39, 0.29) is 10.5 Å². The van der Waals surface area contributed by atoms with Gasteiger partial charge in [-0.25, -0.2) is 4.79 Å². The number of rotatable bonds is 3. The van der Waals surface area contributed by atoms with Crippen molar-refractivity contribution >= 4 is 11.8 Å². The smallest absolute Gasteiger partial charge is 0.363 e. The van der Waals surface area contributed by atoms with Crippen LogP contribution in [0.15, 0.2) is 54.6 Å². The van der Waals surface area contributed by atoms with Gasteiger partial charge in [-0.05, 0) is 11.6 Å². The molecule has 32 heavy (non-hydrogen) atoms. The quantitative estimate of drug-likeness (QED) is 0.542. The molecule has 1 N–H and O–H groups in total. The normalized spacial score (nSPS) is 24.6. The van der Waals surface area contributed by atoms with Crippen molar-refractivity contribution in [2.45, 2.75) is 24.1 Å². The third kappa shape index (κ3) is 3.60. The number of ketones is 1. The number of carbonyl (C=O) groups is 2. The van der Waals surface area contributed by atoms with Gasteiger partial charge in [-0.2, -0.15) is 26.3 Å². The van der Waals surface area contributed by atoms with Crippen molar-refractivity contribution in [3.05, 3.63) is 71.3 Å². The van der Waals surface area contributed by atoms with Gasteiger partial charge in [-0.1, -0.05) is 48.5 Å². The molecule has 3 rings (SSSR count). The van der Waals surface area contributed by atoms with Gasteiger partial charge in [0, 0.05) is 19.7 Å². The van der Waals surface area contributed by atoms with Crippen molar-refractivity contribution in [1.29, 1.82) is 0 Å². The third-order valence-corrected chi connectivity index (χ3v) is 5.61. The highest BCUT2D eigenvalue weighted by Crippen LogP contribution is 2.51. The molecule has 0 spiro atoms. The van der Waals surface area contributed by atoms with Crippen LogP contribution in [0, 0.1) is 5.92 Å².